The number of phenols is 1. The summed E-state index contributed by atoms with van der Waals surface area (Å²) in [5.41, 5.74) is 14.7. The molecule has 11 aromatic rings. The van der Waals surface area contributed by atoms with Crippen LogP contribution in [0.15, 0.2) is 162 Å². The molecular formula is C52H38N5O2Pt-. The van der Waals surface area contributed by atoms with Gasteiger partial charge in [0.2, 0.25) is 0 Å². The van der Waals surface area contributed by atoms with Crippen LogP contribution in [0.2, 0.25) is 0 Å². The second kappa shape index (κ2) is 14.5. The first kappa shape index (κ1) is 37.4. The van der Waals surface area contributed by atoms with Crippen LogP contribution in [0, 0.1) is 11.5 Å². The molecular weight excluding hydrogens is 922 g/mol. The minimum atomic E-state index is 0. The van der Waals surface area contributed by atoms with Crippen LogP contribution in [0.4, 0.5) is 0 Å². The van der Waals surface area contributed by atoms with Gasteiger partial charge in [-0.25, -0.2) is 9.97 Å². The van der Waals surface area contributed by atoms with Crippen molar-refractivity contribution in [2.75, 3.05) is 0 Å². The van der Waals surface area contributed by atoms with Crippen LogP contribution in [0.5, 0.6) is 5.75 Å². The minimum absolute atomic E-state index is 0. The van der Waals surface area contributed by atoms with Gasteiger partial charge in [0.25, 0.3) is 0 Å². The zero-order valence-electron chi connectivity index (χ0n) is 33.1. The molecule has 0 aliphatic rings. The smallest absolute Gasteiger partial charge is 0.195 e. The maximum absolute atomic E-state index is 10.9. The fraction of sp³-hybridized carbons (Fsp3) is 0.0962. The summed E-state index contributed by atoms with van der Waals surface area (Å²) in [7, 11) is 0. The third kappa shape index (κ3) is 6.29. The molecule has 60 heavy (non-hydrogen) atoms. The molecule has 0 saturated heterocycles. The van der Waals surface area contributed by atoms with Crippen molar-refractivity contribution in [3.63, 3.8) is 0 Å². The van der Waals surface area contributed by atoms with Crippen molar-refractivity contribution < 1.29 is 30.6 Å². The number of rotatable bonds is 6. The molecule has 5 aromatic heterocycles. The van der Waals surface area contributed by atoms with Crippen LogP contribution in [0.3, 0.4) is 0 Å². The van der Waals surface area contributed by atoms with Crippen LogP contribution in [-0.2, 0) is 27.5 Å². The molecule has 0 radical (unpaired) electrons. The van der Waals surface area contributed by atoms with Gasteiger partial charge in [0.15, 0.2) is 11.5 Å². The molecule has 11 rings (SSSR count). The fourth-order valence-electron chi connectivity index (χ4n) is 8.49. The van der Waals surface area contributed by atoms with Crippen molar-refractivity contribution >= 4 is 55.0 Å². The van der Waals surface area contributed by atoms with E-state index in [0.29, 0.717) is 11.3 Å². The number of para-hydroxylation sites is 2. The van der Waals surface area contributed by atoms with E-state index in [9.17, 15) is 5.11 Å². The summed E-state index contributed by atoms with van der Waals surface area (Å²) < 4.78 is 10.8. The monoisotopic (exact) mass is 959 g/mol. The first-order valence-electron chi connectivity index (χ1n) is 19.9. The summed E-state index contributed by atoms with van der Waals surface area (Å²) in [5, 5.41) is 12.9. The third-order valence-electron chi connectivity index (χ3n) is 11.1. The number of oxazole rings is 1. The molecule has 0 aliphatic carbocycles. The van der Waals surface area contributed by atoms with E-state index in [2.05, 4.69) is 127 Å². The van der Waals surface area contributed by atoms with Crippen molar-refractivity contribution in [2.24, 2.45) is 5.41 Å². The standard InChI is InChI=1S/C52H38N5O2.Pt/c1-52(2,3)31-47-53-40-23-20-34(30-46(40)59-47)32-18-21-36(22-19-32)57-42-29-28-41-49(48(42)50-43(57)26-24-38(54-50)33-12-6-4-7-13-33)51-44(56(41)35-14-8-5-9-15-35)27-25-39(55-51)37-16-10-11-17-45(37)58;/h4-12,14-30,58H,31H2,1-3H3;/q-1;. The Balaban J connectivity index is 0.00000433. The average molecular weight is 960 g/mol. The first-order valence-corrected chi connectivity index (χ1v) is 19.9. The Morgan fingerprint density at radius 2 is 1.18 bits per heavy atom. The summed E-state index contributed by atoms with van der Waals surface area (Å²) in [6, 6.07) is 56.8. The number of aromatic hydroxyl groups is 1. The second-order valence-electron chi connectivity index (χ2n) is 16.4. The van der Waals surface area contributed by atoms with E-state index in [1.54, 1.807) is 6.07 Å². The van der Waals surface area contributed by atoms with Gasteiger partial charge >= 0.3 is 0 Å². The summed E-state index contributed by atoms with van der Waals surface area (Å²) >= 11 is 0. The van der Waals surface area contributed by atoms with E-state index in [1.165, 1.54) is 0 Å². The quantitative estimate of drug-likeness (QED) is 0.168. The average Bonchev–Trinajstić information content (AvgIpc) is 3.92. The Kier molecular flexibility index (Phi) is 9.03. The molecule has 6 aromatic carbocycles. The third-order valence-corrected chi connectivity index (χ3v) is 11.1. The molecule has 0 amide bonds. The first-order chi connectivity index (χ1) is 28.8. The van der Waals surface area contributed by atoms with Crippen LogP contribution in [0.1, 0.15) is 26.7 Å². The van der Waals surface area contributed by atoms with E-state index in [4.69, 9.17) is 19.4 Å². The number of hydrogen-bond donors (Lipinski definition) is 1. The SMILES string of the molecule is CC(C)(C)Cc1nc2ccc(-c3ccc(-n4c5ccc(-c6[c-]cccc6)nc5c5c6c7nc(-c8ccccc8O)ccc7n(-c7ccccc7)c6ccc54)cc3)cc2o1.[Pt]. The molecule has 0 bridgehead atoms. The molecule has 0 saturated carbocycles. The van der Waals surface area contributed by atoms with Gasteiger partial charge in [0.1, 0.15) is 11.3 Å². The minimum Gasteiger partial charge on any atom is -0.507 e. The van der Waals surface area contributed by atoms with E-state index in [0.717, 1.165) is 101 Å². The summed E-state index contributed by atoms with van der Waals surface area (Å²) in [6.45, 7) is 6.58. The summed E-state index contributed by atoms with van der Waals surface area (Å²) in [5.74, 6) is 0.951. The molecule has 0 fully saturated rings. The van der Waals surface area contributed by atoms with E-state index >= 15 is 0 Å². The van der Waals surface area contributed by atoms with Crippen molar-refractivity contribution in [1.82, 2.24) is 24.1 Å². The molecule has 294 valence electrons. The van der Waals surface area contributed by atoms with E-state index in [1.807, 2.05) is 60.7 Å². The molecule has 7 nitrogen and oxygen atoms in total. The number of hydrogen-bond acceptors (Lipinski definition) is 5. The van der Waals surface area contributed by atoms with Crippen molar-refractivity contribution in [3.8, 4) is 50.8 Å². The fourth-order valence-corrected chi connectivity index (χ4v) is 8.49. The predicted molar refractivity (Wildman–Crippen MR) is 238 cm³/mol. The number of fused-ring (bicyclic) bond motifs is 8. The Hall–Kier alpha value is -6.82. The molecule has 8 heteroatoms. The number of pyridine rings is 2. The Bertz CT molecular complexity index is 3400. The van der Waals surface area contributed by atoms with Gasteiger partial charge in [-0.2, -0.15) is 0 Å². The maximum Gasteiger partial charge on any atom is 0.195 e. The van der Waals surface area contributed by atoms with Gasteiger partial charge in [-0.3, -0.25) is 4.98 Å². The van der Waals surface area contributed by atoms with Gasteiger partial charge in [-0.05, 0) is 101 Å². The molecule has 0 aliphatic heterocycles. The number of phenolic OH excluding ortho intramolecular Hbond substituents is 1. The van der Waals surface area contributed by atoms with Crippen LogP contribution < -0.4 is 0 Å². The summed E-state index contributed by atoms with van der Waals surface area (Å²) in [6.07, 6.45) is 0.775. The molecule has 0 atom stereocenters. The zero-order chi connectivity index (χ0) is 39.8. The Morgan fingerprint density at radius 1 is 0.583 bits per heavy atom. The largest absolute Gasteiger partial charge is 0.507 e. The number of aromatic nitrogens is 5. The summed E-state index contributed by atoms with van der Waals surface area (Å²) in [4.78, 5) is 15.5. The zero-order valence-corrected chi connectivity index (χ0v) is 35.4. The van der Waals surface area contributed by atoms with Gasteiger partial charge in [-0.15, -0.1) is 35.9 Å². The predicted octanol–water partition coefficient (Wildman–Crippen LogP) is 12.9. The maximum atomic E-state index is 10.9. The van der Waals surface area contributed by atoms with Crippen LogP contribution in [-0.4, -0.2) is 29.2 Å². The van der Waals surface area contributed by atoms with Gasteiger partial charge in [0.05, 0.1) is 38.8 Å². The Morgan fingerprint density at radius 3 is 1.85 bits per heavy atom. The molecule has 5 heterocycles. The normalized spacial score (nSPS) is 11.9. The van der Waals surface area contributed by atoms with E-state index < -0.39 is 0 Å². The number of nitrogens with zero attached hydrogens (tertiary/aromatic N) is 5. The second-order valence-corrected chi connectivity index (χ2v) is 16.4. The topological polar surface area (TPSA) is 81.9 Å². The van der Waals surface area contributed by atoms with Crippen molar-refractivity contribution in [1.29, 1.82) is 0 Å². The van der Waals surface area contributed by atoms with Crippen molar-refractivity contribution in [3.05, 3.63) is 170 Å². The molecule has 1 N–H and O–H groups in total. The van der Waals surface area contributed by atoms with Crippen LogP contribution in [0.25, 0.3) is 100.0 Å². The van der Waals surface area contributed by atoms with Gasteiger partial charge < -0.3 is 18.7 Å². The van der Waals surface area contributed by atoms with Crippen LogP contribution >= 0.6 is 0 Å². The van der Waals surface area contributed by atoms with Crippen molar-refractivity contribution in [2.45, 2.75) is 27.2 Å². The Labute approximate surface area is 360 Å². The van der Waals surface area contributed by atoms with E-state index in [-0.39, 0.29) is 32.2 Å². The molecule has 0 spiro atoms. The number of benzene rings is 6. The molecule has 0 unspecified atom stereocenters. The van der Waals surface area contributed by atoms with Gasteiger partial charge in [0, 0.05) is 55.2 Å². The van der Waals surface area contributed by atoms with Gasteiger partial charge in [-0.1, -0.05) is 75.4 Å².